The highest BCUT2D eigenvalue weighted by Gasteiger charge is 2.00. The molecule has 0 bridgehead atoms. The first-order valence-electron chi connectivity index (χ1n) is 4.88. The summed E-state index contributed by atoms with van der Waals surface area (Å²) in [6, 6.07) is 10.9. The zero-order valence-electron chi connectivity index (χ0n) is 8.80. The molecule has 1 aromatic heterocycles. The molecular weight excluding hydrogens is 238 g/mol. The van der Waals surface area contributed by atoms with Crippen molar-refractivity contribution in [3.8, 4) is 12.1 Å². The molecule has 0 aliphatic rings. The normalized spacial score (nSPS) is 9.65. The first-order valence-corrected chi connectivity index (χ1v) is 5.26. The van der Waals surface area contributed by atoms with Gasteiger partial charge in [-0.05, 0) is 23.8 Å². The third-order valence-electron chi connectivity index (χ3n) is 2.03. The minimum Gasteiger partial charge on any atom is -0.459 e. The van der Waals surface area contributed by atoms with E-state index < -0.39 is 0 Å². The number of hydrogen-bond donors (Lipinski definition) is 0. The van der Waals surface area contributed by atoms with Crippen LogP contribution >= 0.6 is 11.6 Å². The summed E-state index contributed by atoms with van der Waals surface area (Å²) in [5, 5.41) is 9.34. The van der Waals surface area contributed by atoms with E-state index in [1.165, 1.54) is 12.3 Å². The number of benzene rings is 1. The van der Waals surface area contributed by atoms with Gasteiger partial charge in [0.05, 0.1) is 0 Å². The Morgan fingerprint density at radius 2 is 2.00 bits per heavy atom. The smallest absolute Gasteiger partial charge is 0.317 e. The first-order chi connectivity index (χ1) is 8.28. The molecule has 1 heterocycles. The zero-order valence-corrected chi connectivity index (χ0v) is 9.55. The van der Waals surface area contributed by atoms with Crippen LogP contribution in [0.2, 0.25) is 5.02 Å². The van der Waals surface area contributed by atoms with Gasteiger partial charge in [-0.2, -0.15) is 10.2 Å². The standard InChI is InChI=1S/C12H8ClN3O/c13-10-3-1-9(2-4-10)8-17-12-15-6-5-11(7-14)16-12/h1-6H,8H2. The number of ether oxygens (including phenoxy) is 1. The van der Waals surface area contributed by atoms with Crippen LogP contribution in [0.3, 0.4) is 0 Å². The van der Waals surface area contributed by atoms with Gasteiger partial charge in [-0.25, -0.2) is 4.98 Å². The molecule has 2 rings (SSSR count). The van der Waals surface area contributed by atoms with E-state index in [1.54, 1.807) is 12.1 Å². The predicted molar refractivity (Wildman–Crippen MR) is 62.5 cm³/mol. The fourth-order valence-corrected chi connectivity index (χ4v) is 1.33. The molecule has 5 heteroatoms. The lowest BCUT2D eigenvalue weighted by Crippen LogP contribution is -2.00. The summed E-state index contributed by atoms with van der Waals surface area (Å²) in [5.41, 5.74) is 1.24. The minimum atomic E-state index is 0.194. The molecule has 0 N–H and O–H groups in total. The van der Waals surface area contributed by atoms with Crippen molar-refractivity contribution in [2.75, 3.05) is 0 Å². The number of nitriles is 1. The fourth-order valence-electron chi connectivity index (χ4n) is 1.20. The van der Waals surface area contributed by atoms with Gasteiger partial charge < -0.3 is 4.74 Å². The van der Waals surface area contributed by atoms with Crippen molar-refractivity contribution in [3.63, 3.8) is 0 Å². The van der Waals surface area contributed by atoms with Crippen LogP contribution in [-0.2, 0) is 6.61 Å². The van der Waals surface area contributed by atoms with Crippen molar-refractivity contribution >= 4 is 11.6 Å². The van der Waals surface area contributed by atoms with Gasteiger partial charge in [-0.15, -0.1) is 0 Å². The van der Waals surface area contributed by atoms with Crippen LogP contribution in [0.1, 0.15) is 11.3 Å². The van der Waals surface area contributed by atoms with Gasteiger partial charge in [0.1, 0.15) is 18.4 Å². The number of nitrogens with zero attached hydrogens (tertiary/aromatic N) is 3. The van der Waals surface area contributed by atoms with E-state index in [0.717, 1.165) is 5.56 Å². The molecule has 0 unspecified atom stereocenters. The number of halogens is 1. The molecule has 2 aromatic rings. The Labute approximate surface area is 103 Å². The fraction of sp³-hybridized carbons (Fsp3) is 0.0833. The summed E-state index contributed by atoms with van der Waals surface area (Å²) in [4.78, 5) is 7.81. The SMILES string of the molecule is N#Cc1ccnc(OCc2ccc(Cl)cc2)n1. The maximum Gasteiger partial charge on any atom is 0.317 e. The quantitative estimate of drug-likeness (QED) is 0.834. The van der Waals surface area contributed by atoms with Crippen LogP contribution in [-0.4, -0.2) is 9.97 Å². The molecule has 0 amide bonds. The highest BCUT2D eigenvalue weighted by molar-refractivity contribution is 6.30. The molecule has 17 heavy (non-hydrogen) atoms. The Balaban J connectivity index is 2.02. The average Bonchev–Trinajstić information content (AvgIpc) is 2.38. The molecule has 0 atom stereocenters. The van der Waals surface area contributed by atoms with Crippen LogP contribution in [0, 0.1) is 11.3 Å². The second-order valence-corrected chi connectivity index (χ2v) is 3.69. The lowest BCUT2D eigenvalue weighted by atomic mass is 10.2. The van der Waals surface area contributed by atoms with Crippen LogP contribution < -0.4 is 4.74 Å². The molecule has 0 spiro atoms. The van der Waals surface area contributed by atoms with Gasteiger partial charge in [0, 0.05) is 11.2 Å². The molecule has 1 aromatic carbocycles. The van der Waals surface area contributed by atoms with E-state index in [9.17, 15) is 0 Å². The highest BCUT2D eigenvalue weighted by Crippen LogP contribution is 2.11. The molecule has 0 saturated carbocycles. The van der Waals surface area contributed by atoms with Crippen LogP contribution in [0.25, 0.3) is 0 Å². The Kier molecular flexibility index (Phi) is 3.53. The van der Waals surface area contributed by atoms with Gasteiger partial charge in [0.25, 0.3) is 0 Å². The van der Waals surface area contributed by atoms with Crippen molar-refractivity contribution in [1.29, 1.82) is 5.26 Å². The highest BCUT2D eigenvalue weighted by atomic mass is 35.5. The van der Waals surface area contributed by atoms with Crippen molar-refractivity contribution in [2.24, 2.45) is 0 Å². The summed E-state index contributed by atoms with van der Waals surface area (Å²) < 4.78 is 5.36. The lowest BCUT2D eigenvalue weighted by molar-refractivity contribution is 0.280. The summed E-state index contributed by atoms with van der Waals surface area (Å²) in [6.45, 7) is 0.339. The van der Waals surface area contributed by atoms with Gasteiger partial charge >= 0.3 is 6.01 Å². The average molecular weight is 246 g/mol. The zero-order chi connectivity index (χ0) is 12.1. The van der Waals surface area contributed by atoms with Crippen molar-refractivity contribution in [3.05, 3.63) is 52.8 Å². The van der Waals surface area contributed by atoms with E-state index >= 15 is 0 Å². The van der Waals surface area contributed by atoms with Crippen molar-refractivity contribution in [1.82, 2.24) is 9.97 Å². The molecule has 0 saturated heterocycles. The summed E-state index contributed by atoms with van der Waals surface area (Å²) >= 11 is 5.77. The van der Waals surface area contributed by atoms with Crippen LogP contribution in [0.5, 0.6) is 6.01 Å². The van der Waals surface area contributed by atoms with Crippen molar-refractivity contribution < 1.29 is 4.74 Å². The molecule has 0 radical (unpaired) electrons. The van der Waals surface area contributed by atoms with E-state index in [4.69, 9.17) is 21.6 Å². The Morgan fingerprint density at radius 1 is 1.24 bits per heavy atom. The van der Waals surface area contributed by atoms with Crippen LogP contribution in [0.15, 0.2) is 36.5 Å². The molecule has 84 valence electrons. The number of rotatable bonds is 3. The van der Waals surface area contributed by atoms with Gasteiger partial charge in [-0.1, -0.05) is 23.7 Å². The molecule has 0 fully saturated rings. The second-order valence-electron chi connectivity index (χ2n) is 3.25. The summed E-state index contributed by atoms with van der Waals surface area (Å²) in [6.07, 6.45) is 1.49. The predicted octanol–water partition coefficient (Wildman–Crippen LogP) is 2.58. The number of hydrogen-bond acceptors (Lipinski definition) is 4. The van der Waals surface area contributed by atoms with E-state index in [0.29, 0.717) is 11.6 Å². The van der Waals surface area contributed by atoms with Gasteiger partial charge in [-0.3, -0.25) is 0 Å². The maximum atomic E-state index is 8.67. The Bertz CT molecular complexity index is 548. The lowest BCUT2D eigenvalue weighted by Gasteiger charge is -2.04. The summed E-state index contributed by atoms with van der Waals surface area (Å²) in [5.74, 6) is 0. The molecule has 0 aliphatic carbocycles. The molecule has 4 nitrogen and oxygen atoms in total. The largest absolute Gasteiger partial charge is 0.459 e. The van der Waals surface area contributed by atoms with E-state index in [2.05, 4.69) is 9.97 Å². The van der Waals surface area contributed by atoms with Crippen LogP contribution in [0.4, 0.5) is 0 Å². The van der Waals surface area contributed by atoms with Crippen molar-refractivity contribution in [2.45, 2.75) is 6.61 Å². The third kappa shape index (κ3) is 3.16. The Morgan fingerprint density at radius 3 is 2.71 bits per heavy atom. The summed E-state index contributed by atoms with van der Waals surface area (Å²) in [7, 11) is 0. The van der Waals surface area contributed by atoms with Gasteiger partial charge in [0.2, 0.25) is 0 Å². The molecular formula is C12H8ClN3O. The topological polar surface area (TPSA) is 58.8 Å². The number of aromatic nitrogens is 2. The second kappa shape index (κ2) is 5.28. The maximum absolute atomic E-state index is 8.67. The Hall–Kier alpha value is -2.12. The molecule has 0 aliphatic heterocycles. The van der Waals surface area contributed by atoms with Gasteiger partial charge in [0.15, 0.2) is 0 Å². The monoisotopic (exact) mass is 245 g/mol. The first kappa shape index (κ1) is 11.4. The van der Waals surface area contributed by atoms with E-state index in [1.807, 2.05) is 18.2 Å². The van der Waals surface area contributed by atoms with E-state index in [-0.39, 0.29) is 11.7 Å². The minimum absolute atomic E-state index is 0.194. The third-order valence-corrected chi connectivity index (χ3v) is 2.28.